The Kier molecular flexibility index (Phi) is 7.72. The standard InChI is InChI=1S/C22H34N4O/c1-24(13-7-16-26-15-6-12-23-26)18-20-8-5-14-25(19-20)17-11-21-9-3-4-10-22(21)27-2/h3-4,6,9-10,12,15,20H,5,7-8,11,13-14,16-19H2,1-2H3. The zero-order valence-corrected chi connectivity index (χ0v) is 16.9. The van der Waals surface area contributed by atoms with Crippen LogP contribution in [0.5, 0.6) is 5.75 Å². The Morgan fingerprint density at radius 3 is 2.93 bits per heavy atom. The normalized spacial score (nSPS) is 18.1. The largest absolute Gasteiger partial charge is 0.496 e. The number of nitrogens with zero attached hydrogens (tertiary/aromatic N) is 4. The molecule has 1 atom stereocenters. The van der Waals surface area contributed by atoms with E-state index in [0.29, 0.717) is 0 Å². The van der Waals surface area contributed by atoms with Gasteiger partial charge in [-0.05, 0) is 69.4 Å². The van der Waals surface area contributed by atoms with Crippen molar-refractivity contribution in [2.45, 2.75) is 32.2 Å². The third-order valence-corrected chi connectivity index (χ3v) is 5.55. The number of aryl methyl sites for hydroxylation is 1. The third-order valence-electron chi connectivity index (χ3n) is 5.55. The molecule has 27 heavy (non-hydrogen) atoms. The van der Waals surface area contributed by atoms with Gasteiger partial charge >= 0.3 is 0 Å². The van der Waals surface area contributed by atoms with E-state index in [1.54, 1.807) is 7.11 Å². The van der Waals surface area contributed by atoms with Gasteiger partial charge in [0.15, 0.2) is 0 Å². The molecule has 1 fully saturated rings. The van der Waals surface area contributed by atoms with E-state index in [1.807, 2.05) is 29.2 Å². The van der Waals surface area contributed by atoms with Crippen molar-refractivity contribution in [1.29, 1.82) is 0 Å². The minimum absolute atomic E-state index is 0.783. The van der Waals surface area contributed by atoms with Crippen LogP contribution in [-0.2, 0) is 13.0 Å². The van der Waals surface area contributed by atoms with Crippen LogP contribution in [0, 0.1) is 5.92 Å². The van der Waals surface area contributed by atoms with Gasteiger partial charge < -0.3 is 14.5 Å². The van der Waals surface area contributed by atoms with Crippen LogP contribution in [0.2, 0.25) is 0 Å². The Morgan fingerprint density at radius 2 is 2.11 bits per heavy atom. The van der Waals surface area contributed by atoms with E-state index in [-0.39, 0.29) is 0 Å². The molecular weight excluding hydrogens is 336 g/mol. The van der Waals surface area contributed by atoms with Gasteiger partial charge in [-0.3, -0.25) is 4.68 Å². The van der Waals surface area contributed by atoms with Gasteiger partial charge in [0.2, 0.25) is 0 Å². The number of hydrogen-bond acceptors (Lipinski definition) is 4. The number of ether oxygens (including phenoxy) is 1. The molecule has 1 unspecified atom stereocenters. The predicted octanol–water partition coefficient (Wildman–Crippen LogP) is 3.17. The average molecular weight is 371 g/mol. The molecule has 2 aromatic rings. The zero-order valence-electron chi connectivity index (χ0n) is 16.9. The van der Waals surface area contributed by atoms with Crippen molar-refractivity contribution in [1.82, 2.24) is 19.6 Å². The highest BCUT2D eigenvalue weighted by molar-refractivity contribution is 5.33. The molecule has 5 nitrogen and oxygen atoms in total. The van der Waals surface area contributed by atoms with E-state index < -0.39 is 0 Å². The van der Waals surface area contributed by atoms with Crippen molar-refractivity contribution in [2.75, 3.05) is 46.9 Å². The molecule has 0 bridgehead atoms. The molecule has 0 spiro atoms. The zero-order chi connectivity index (χ0) is 18.9. The van der Waals surface area contributed by atoms with E-state index >= 15 is 0 Å². The third kappa shape index (κ3) is 6.36. The molecule has 1 saturated heterocycles. The van der Waals surface area contributed by atoms with E-state index in [9.17, 15) is 0 Å². The number of hydrogen-bond donors (Lipinski definition) is 0. The molecular formula is C22H34N4O. The summed E-state index contributed by atoms with van der Waals surface area (Å²) in [5.74, 6) is 1.80. The first-order valence-electron chi connectivity index (χ1n) is 10.2. The van der Waals surface area contributed by atoms with Crippen molar-refractivity contribution in [3.8, 4) is 5.75 Å². The molecule has 148 valence electrons. The number of rotatable bonds is 10. The summed E-state index contributed by atoms with van der Waals surface area (Å²) >= 11 is 0. The van der Waals surface area contributed by atoms with Gasteiger partial charge in [0.05, 0.1) is 7.11 Å². The number of piperidine rings is 1. The van der Waals surface area contributed by atoms with Crippen molar-refractivity contribution >= 4 is 0 Å². The van der Waals surface area contributed by atoms with Crippen LogP contribution < -0.4 is 4.74 Å². The fourth-order valence-electron chi connectivity index (χ4n) is 4.16. The van der Waals surface area contributed by atoms with Crippen LogP contribution in [0.25, 0.3) is 0 Å². The van der Waals surface area contributed by atoms with Crippen molar-refractivity contribution in [3.63, 3.8) is 0 Å². The second kappa shape index (κ2) is 10.5. The van der Waals surface area contributed by atoms with E-state index in [4.69, 9.17) is 4.74 Å². The maximum Gasteiger partial charge on any atom is 0.122 e. The molecule has 0 N–H and O–H groups in total. The summed E-state index contributed by atoms with van der Waals surface area (Å²) in [6, 6.07) is 10.4. The van der Waals surface area contributed by atoms with E-state index in [1.165, 1.54) is 38.0 Å². The van der Waals surface area contributed by atoms with Gasteiger partial charge in [0.1, 0.15) is 5.75 Å². The Balaban J connectivity index is 1.38. The van der Waals surface area contributed by atoms with Crippen LogP contribution in [0.15, 0.2) is 42.7 Å². The fourth-order valence-corrected chi connectivity index (χ4v) is 4.16. The molecule has 1 aromatic carbocycles. The monoisotopic (exact) mass is 370 g/mol. The highest BCUT2D eigenvalue weighted by Crippen LogP contribution is 2.21. The van der Waals surface area contributed by atoms with Gasteiger partial charge in [-0.2, -0.15) is 5.10 Å². The number of likely N-dealkylation sites (tertiary alicyclic amines) is 1. The Morgan fingerprint density at radius 1 is 1.22 bits per heavy atom. The van der Waals surface area contributed by atoms with Gasteiger partial charge in [0, 0.05) is 38.6 Å². The van der Waals surface area contributed by atoms with Gasteiger partial charge in [-0.1, -0.05) is 18.2 Å². The molecule has 0 saturated carbocycles. The lowest BCUT2D eigenvalue weighted by atomic mass is 9.97. The summed E-state index contributed by atoms with van der Waals surface area (Å²) in [5, 5.41) is 4.28. The van der Waals surface area contributed by atoms with Gasteiger partial charge in [-0.15, -0.1) is 0 Å². The number of benzene rings is 1. The first-order valence-corrected chi connectivity index (χ1v) is 10.2. The SMILES string of the molecule is COc1ccccc1CCN1CCCC(CN(C)CCCn2cccn2)C1. The second-order valence-electron chi connectivity index (χ2n) is 7.76. The highest BCUT2D eigenvalue weighted by atomic mass is 16.5. The smallest absolute Gasteiger partial charge is 0.122 e. The molecule has 2 heterocycles. The minimum Gasteiger partial charge on any atom is -0.496 e. The van der Waals surface area contributed by atoms with Crippen molar-refractivity contribution < 1.29 is 4.74 Å². The lowest BCUT2D eigenvalue weighted by molar-refractivity contribution is 0.143. The molecule has 1 aliphatic rings. The maximum atomic E-state index is 5.49. The molecule has 1 aliphatic heterocycles. The summed E-state index contributed by atoms with van der Waals surface area (Å²) in [5.41, 5.74) is 1.32. The molecule has 0 radical (unpaired) electrons. The fraction of sp³-hybridized carbons (Fsp3) is 0.591. The molecule has 0 aliphatic carbocycles. The Bertz CT molecular complexity index is 658. The minimum atomic E-state index is 0.783. The quantitative estimate of drug-likeness (QED) is 0.643. The van der Waals surface area contributed by atoms with Crippen LogP contribution in [0.3, 0.4) is 0 Å². The summed E-state index contributed by atoms with van der Waals surface area (Å²) in [4.78, 5) is 5.13. The lowest BCUT2D eigenvalue weighted by Crippen LogP contribution is -2.41. The highest BCUT2D eigenvalue weighted by Gasteiger charge is 2.21. The number of methoxy groups -OCH3 is 1. The second-order valence-corrected chi connectivity index (χ2v) is 7.76. The average Bonchev–Trinajstić information content (AvgIpc) is 3.20. The summed E-state index contributed by atoms with van der Waals surface area (Å²) in [6.45, 7) is 6.92. The van der Waals surface area contributed by atoms with Crippen molar-refractivity contribution in [3.05, 3.63) is 48.3 Å². The molecule has 3 rings (SSSR count). The van der Waals surface area contributed by atoms with Crippen LogP contribution in [0.1, 0.15) is 24.8 Å². The first-order chi connectivity index (χ1) is 13.2. The molecule has 1 aromatic heterocycles. The topological polar surface area (TPSA) is 33.5 Å². The molecule has 0 amide bonds. The van der Waals surface area contributed by atoms with Gasteiger partial charge in [-0.25, -0.2) is 0 Å². The number of para-hydroxylation sites is 1. The summed E-state index contributed by atoms with van der Waals surface area (Å²) in [6.07, 6.45) is 8.79. The summed E-state index contributed by atoms with van der Waals surface area (Å²) < 4.78 is 7.51. The summed E-state index contributed by atoms with van der Waals surface area (Å²) in [7, 11) is 4.02. The van der Waals surface area contributed by atoms with Crippen LogP contribution >= 0.6 is 0 Å². The van der Waals surface area contributed by atoms with Crippen molar-refractivity contribution in [2.24, 2.45) is 5.92 Å². The van der Waals surface area contributed by atoms with Crippen LogP contribution in [0.4, 0.5) is 0 Å². The van der Waals surface area contributed by atoms with E-state index in [0.717, 1.165) is 44.1 Å². The van der Waals surface area contributed by atoms with Crippen LogP contribution in [-0.4, -0.2) is 66.5 Å². The van der Waals surface area contributed by atoms with E-state index in [2.05, 4.69) is 40.1 Å². The van der Waals surface area contributed by atoms with Gasteiger partial charge in [0.25, 0.3) is 0 Å². The Hall–Kier alpha value is -1.85. The Labute approximate surface area is 163 Å². The maximum absolute atomic E-state index is 5.49. The number of aromatic nitrogens is 2. The lowest BCUT2D eigenvalue weighted by Gasteiger charge is -2.35. The molecule has 5 heteroatoms. The first kappa shape index (κ1) is 19.9. The predicted molar refractivity (Wildman–Crippen MR) is 110 cm³/mol.